The fourth-order valence-corrected chi connectivity index (χ4v) is 2.70. The summed E-state index contributed by atoms with van der Waals surface area (Å²) in [5.74, 6) is 1.13. The zero-order chi connectivity index (χ0) is 15.2. The van der Waals surface area contributed by atoms with Gasteiger partial charge in [-0.2, -0.15) is 0 Å². The molecule has 2 rings (SSSR count). The van der Waals surface area contributed by atoms with Gasteiger partial charge in [-0.1, -0.05) is 13.3 Å². The van der Waals surface area contributed by atoms with Crippen molar-refractivity contribution in [3.8, 4) is 0 Å². The van der Waals surface area contributed by atoms with Crippen LogP contribution >= 0.6 is 0 Å². The van der Waals surface area contributed by atoms with Crippen molar-refractivity contribution in [2.75, 3.05) is 13.1 Å². The molecular formula is C16H23N3O2. The summed E-state index contributed by atoms with van der Waals surface area (Å²) in [4.78, 5) is 17.6. The predicted molar refractivity (Wildman–Crippen MR) is 85.3 cm³/mol. The molecule has 0 spiro atoms. The second-order valence-electron chi connectivity index (χ2n) is 5.55. The first kappa shape index (κ1) is 15.5. The molecule has 1 aliphatic rings. The number of nitro benzene ring substituents is 1. The molecule has 0 radical (unpaired) electrons. The minimum atomic E-state index is -0.362. The molecule has 0 atom stereocenters. The first-order chi connectivity index (χ1) is 10.1. The van der Waals surface area contributed by atoms with Crippen LogP contribution in [0, 0.1) is 17.0 Å². The molecule has 1 saturated heterocycles. The second kappa shape index (κ2) is 7.20. The molecule has 0 unspecified atom stereocenters. The molecule has 21 heavy (non-hydrogen) atoms. The average molecular weight is 289 g/mol. The van der Waals surface area contributed by atoms with E-state index < -0.39 is 0 Å². The van der Waals surface area contributed by atoms with Crippen LogP contribution in [0.25, 0.3) is 0 Å². The molecule has 0 bridgehead atoms. The number of nitrogens with zero attached hydrogens (tertiary/aromatic N) is 3. The lowest BCUT2D eigenvalue weighted by Gasteiger charge is -2.23. The maximum Gasteiger partial charge on any atom is 0.269 e. The van der Waals surface area contributed by atoms with E-state index in [9.17, 15) is 10.1 Å². The summed E-state index contributed by atoms with van der Waals surface area (Å²) in [6.07, 6.45) is 5.75. The Labute approximate surface area is 125 Å². The molecule has 1 fully saturated rings. The van der Waals surface area contributed by atoms with Gasteiger partial charge in [-0.05, 0) is 37.8 Å². The normalized spacial score (nSPS) is 17.8. The topological polar surface area (TPSA) is 58.7 Å². The summed E-state index contributed by atoms with van der Waals surface area (Å²) < 4.78 is 0. The van der Waals surface area contributed by atoms with Gasteiger partial charge in [0.15, 0.2) is 0 Å². The summed E-state index contributed by atoms with van der Waals surface area (Å²) in [6.45, 7) is 6.16. The van der Waals surface area contributed by atoms with E-state index in [1.54, 1.807) is 12.1 Å². The van der Waals surface area contributed by atoms with Gasteiger partial charge in [0.1, 0.15) is 5.84 Å². The van der Waals surface area contributed by atoms with Gasteiger partial charge in [-0.15, -0.1) is 0 Å². The van der Waals surface area contributed by atoms with Gasteiger partial charge >= 0.3 is 0 Å². The van der Waals surface area contributed by atoms with Crippen LogP contribution in [0.2, 0.25) is 0 Å². The molecule has 0 N–H and O–H groups in total. The number of hydrogen-bond donors (Lipinski definition) is 0. The number of rotatable bonds is 4. The van der Waals surface area contributed by atoms with E-state index in [1.165, 1.54) is 25.3 Å². The maximum absolute atomic E-state index is 10.8. The van der Waals surface area contributed by atoms with E-state index in [1.807, 2.05) is 6.92 Å². The van der Waals surface area contributed by atoms with Crippen molar-refractivity contribution in [3.63, 3.8) is 0 Å². The molecular weight excluding hydrogens is 266 g/mol. The van der Waals surface area contributed by atoms with Crippen molar-refractivity contribution in [3.05, 3.63) is 33.9 Å². The van der Waals surface area contributed by atoms with Crippen molar-refractivity contribution < 1.29 is 4.92 Å². The van der Waals surface area contributed by atoms with Crippen LogP contribution < -0.4 is 0 Å². The Morgan fingerprint density at radius 3 is 2.81 bits per heavy atom. The van der Waals surface area contributed by atoms with E-state index in [-0.39, 0.29) is 10.6 Å². The van der Waals surface area contributed by atoms with Gasteiger partial charge in [0.05, 0.1) is 10.6 Å². The molecule has 1 aliphatic heterocycles. The molecule has 0 amide bonds. The maximum atomic E-state index is 10.8. The van der Waals surface area contributed by atoms with Crippen molar-refractivity contribution in [1.82, 2.24) is 4.90 Å². The Bertz CT molecular complexity index is 540. The summed E-state index contributed by atoms with van der Waals surface area (Å²) in [5.41, 5.74) is 1.83. The third-order valence-corrected chi connectivity index (χ3v) is 3.83. The van der Waals surface area contributed by atoms with Crippen molar-refractivity contribution in [2.24, 2.45) is 4.99 Å². The zero-order valence-electron chi connectivity index (χ0n) is 12.8. The highest BCUT2D eigenvalue weighted by atomic mass is 16.6. The summed E-state index contributed by atoms with van der Waals surface area (Å²) in [6, 6.07) is 4.89. The van der Waals surface area contributed by atoms with Gasteiger partial charge in [0, 0.05) is 31.6 Å². The molecule has 5 nitrogen and oxygen atoms in total. The molecule has 1 aromatic carbocycles. The number of likely N-dealkylation sites (tertiary alicyclic amines) is 1. The van der Waals surface area contributed by atoms with Crippen molar-refractivity contribution >= 4 is 17.2 Å². The minimum absolute atomic E-state index is 0.128. The Morgan fingerprint density at radius 1 is 1.33 bits per heavy atom. The third kappa shape index (κ3) is 4.03. The van der Waals surface area contributed by atoms with Crippen molar-refractivity contribution in [1.29, 1.82) is 0 Å². The Morgan fingerprint density at radius 2 is 2.14 bits per heavy atom. The Balaban J connectivity index is 2.28. The van der Waals surface area contributed by atoms with E-state index in [0.717, 1.165) is 43.0 Å². The van der Waals surface area contributed by atoms with Crippen LogP contribution in [0.4, 0.5) is 11.4 Å². The molecule has 0 aliphatic carbocycles. The largest absolute Gasteiger partial charge is 0.360 e. The van der Waals surface area contributed by atoms with Gasteiger partial charge in [0.25, 0.3) is 5.69 Å². The zero-order valence-corrected chi connectivity index (χ0v) is 12.8. The van der Waals surface area contributed by atoms with Crippen LogP contribution in [0.3, 0.4) is 0 Å². The summed E-state index contributed by atoms with van der Waals surface area (Å²) >= 11 is 0. The van der Waals surface area contributed by atoms with Gasteiger partial charge in [-0.25, -0.2) is 4.99 Å². The first-order valence-electron chi connectivity index (χ1n) is 7.69. The molecule has 0 aromatic heterocycles. The van der Waals surface area contributed by atoms with Crippen LogP contribution in [-0.4, -0.2) is 28.7 Å². The van der Waals surface area contributed by atoms with Crippen molar-refractivity contribution in [2.45, 2.75) is 46.0 Å². The smallest absolute Gasteiger partial charge is 0.269 e. The monoisotopic (exact) mass is 289 g/mol. The SMILES string of the molecule is CCCN1CCCCCC1=Nc1ccc([N+](=O)[O-])cc1C. The number of non-ortho nitro benzene ring substituents is 1. The molecule has 0 saturated carbocycles. The quantitative estimate of drug-likeness (QED) is 0.616. The molecule has 1 heterocycles. The fraction of sp³-hybridized carbons (Fsp3) is 0.562. The van der Waals surface area contributed by atoms with Crippen LogP contribution in [0.5, 0.6) is 0 Å². The molecule has 5 heteroatoms. The fourth-order valence-electron chi connectivity index (χ4n) is 2.70. The number of aryl methyl sites for hydroxylation is 1. The minimum Gasteiger partial charge on any atom is -0.360 e. The highest BCUT2D eigenvalue weighted by Gasteiger charge is 2.15. The molecule has 1 aromatic rings. The van der Waals surface area contributed by atoms with E-state index >= 15 is 0 Å². The van der Waals surface area contributed by atoms with Gasteiger partial charge in [-0.3, -0.25) is 10.1 Å². The van der Waals surface area contributed by atoms with Gasteiger partial charge < -0.3 is 4.90 Å². The van der Waals surface area contributed by atoms with Crippen LogP contribution in [0.1, 0.15) is 44.6 Å². The standard InChI is InChI=1S/C16H23N3O2/c1-3-10-18-11-6-4-5-7-16(18)17-15-9-8-14(19(20)21)12-13(15)2/h8-9,12H,3-7,10-11H2,1-2H3. The number of hydrogen-bond acceptors (Lipinski definition) is 3. The number of aliphatic imine (C=N–C) groups is 1. The number of benzene rings is 1. The third-order valence-electron chi connectivity index (χ3n) is 3.83. The lowest BCUT2D eigenvalue weighted by Crippen LogP contribution is -2.31. The Hall–Kier alpha value is -1.91. The van der Waals surface area contributed by atoms with Crippen LogP contribution in [-0.2, 0) is 0 Å². The van der Waals surface area contributed by atoms with Gasteiger partial charge in [0.2, 0.25) is 0 Å². The highest BCUT2D eigenvalue weighted by Crippen LogP contribution is 2.25. The van der Waals surface area contributed by atoms with Crippen LogP contribution in [0.15, 0.2) is 23.2 Å². The number of nitro groups is 1. The lowest BCUT2D eigenvalue weighted by atomic mass is 10.1. The highest BCUT2D eigenvalue weighted by molar-refractivity contribution is 5.85. The lowest BCUT2D eigenvalue weighted by molar-refractivity contribution is -0.384. The molecule has 114 valence electrons. The van der Waals surface area contributed by atoms with E-state index in [4.69, 9.17) is 4.99 Å². The predicted octanol–water partition coefficient (Wildman–Crippen LogP) is 4.22. The summed E-state index contributed by atoms with van der Waals surface area (Å²) in [5, 5.41) is 10.8. The van der Waals surface area contributed by atoms with E-state index in [0.29, 0.717) is 0 Å². The first-order valence-corrected chi connectivity index (χ1v) is 7.69. The summed E-state index contributed by atoms with van der Waals surface area (Å²) in [7, 11) is 0. The Kier molecular flexibility index (Phi) is 5.31. The number of amidine groups is 1. The van der Waals surface area contributed by atoms with E-state index in [2.05, 4.69) is 11.8 Å². The average Bonchev–Trinajstić information content (AvgIpc) is 2.67. The second-order valence-corrected chi connectivity index (χ2v) is 5.55.